The van der Waals surface area contributed by atoms with Crippen LogP contribution in [0.3, 0.4) is 0 Å². The third kappa shape index (κ3) is 5.88. The molecule has 106 valence electrons. The number of aliphatic hydroxyl groups excluding tert-OH is 1. The molecule has 1 atom stereocenters. The van der Waals surface area contributed by atoms with Crippen molar-refractivity contribution in [1.29, 1.82) is 0 Å². The second-order valence-corrected chi connectivity index (χ2v) is 6.44. The van der Waals surface area contributed by atoms with Crippen molar-refractivity contribution in [2.24, 2.45) is 11.3 Å². The van der Waals surface area contributed by atoms with E-state index in [4.69, 9.17) is 0 Å². The van der Waals surface area contributed by atoms with E-state index in [0.29, 0.717) is 18.0 Å². The zero-order valence-electron chi connectivity index (χ0n) is 12.4. The number of nitrogens with one attached hydrogen (secondary N) is 1. The number of amides is 1. The van der Waals surface area contributed by atoms with Crippen LogP contribution in [0.25, 0.3) is 0 Å². The Morgan fingerprint density at radius 1 is 1.32 bits per heavy atom. The summed E-state index contributed by atoms with van der Waals surface area (Å²) < 4.78 is 0. The molecule has 1 amide bonds. The Balaban J connectivity index is 2.56. The summed E-state index contributed by atoms with van der Waals surface area (Å²) in [5.74, 6) is 0.360. The highest BCUT2D eigenvalue weighted by Crippen LogP contribution is 2.26. The van der Waals surface area contributed by atoms with E-state index < -0.39 is 0 Å². The zero-order chi connectivity index (χ0) is 14.5. The van der Waals surface area contributed by atoms with Crippen molar-refractivity contribution in [3.63, 3.8) is 0 Å². The molecule has 0 aliphatic rings. The molecule has 1 aromatic rings. The number of carbonyl (C=O) groups is 1. The van der Waals surface area contributed by atoms with Gasteiger partial charge in [0.25, 0.3) is 0 Å². The van der Waals surface area contributed by atoms with Crippen molar-refractivity contribution in [3.05, 3.63) is 29.8 Å². The molecule has 0 aliphatic carbocycles. The van der Waals surface area contributed by atoms with Crippen LogP contribution in [0.5, 0.6) is 0 Å². The molecule has 0 heterocycles. The van der Waals surface area contributed by atoms with Gasteiger partial charge in [-0.15, -0.1) is 0 Å². The summed E-state index contributed by atoms with van der Waals surface area (Å²) >= 11 is 0. The molecule has 3 heteroatoms. The maximum Gasteiger partial charge on any atom is 0.224 e. The van der Waals surface area contributed by atoms with Crippen LogP contribution in [0.2, 0.25) is 0 Å². The van der Waals surface area contributed by atoms with Gasteiger partial charge in [0.1, 0.15) is 0 Å². The maximum absolute atomic E-state index is 12.0. The first kappa shape index (κ1) is 15.7. The first-order valence-electron chi connectivity index (χ1n) is 6.80. The van der Waals surface area contributed by atoms with Crippen molar-refractivity contribution in [3.8, 4) is 0 Å². The van der Waals surface area contributed by atoms with Gasteiger partial charge in [0.05, 0.1) is 6.61 Å². The fraction of sp³-hybridized carbons (Fsp3) is 0.562. The average Bonchev–Trinajstić information content (AvgIpc) is 2.26. The lowest BCUT2D eigenvalue weighted by molar-refractivity contribution is -0.117. The second-order valence-electron chi connectivity index (χ2n) is 6.44. The van der Waals surface area contributed by atoms with Crippen molar-refractivity contribution in [2.45, 2.75) is 47.1 Å². The first-order valence-corrected chi connectivity index (χ1v) is 6.80. The molecule has 19 heavy (non-hydrogen) atoms. The van der Waals surface area contributed by atoms with E-state index >= 15 is 0 Å². The minimum atomic E-state index is -0.0615. The standard InChI is InChI=1S/C16H25NO2/c1-12(10-16(2,3)4)9-15(19)17-14-8-6-5-7-13(14)11-18/h5-8,12,18H,9-11H2,1-4H3,(H,17,19). The molecule has 0 bridgehead atoms. The summed E-state index contributed by atoms with van der Waals surface area (Å²) in [6.07, 6.45) is 1.53. The van der Waals surface area contributed by atoms with Gasteiger partial charge in [-0.25, -0.2) is 0 Å². The first-order chi connectivity index (χ1) is 8.81. The van der Waals surface area contributed by atoms with Gasteiger partial charge in [-0.3, -0.25) is 4.79 Å². The smallest absolute Gasteiger partial charge is 0.224 e. The molecule has 0 saturated heterocycles. The summed E-state index contributed by atoms with van der Waals surface area (Å²) in [7, 11) is 0. The fourth-order valence-electron chi connectivity index (χ4n) is 2.42. The summed E-state index contributed by atoms with van der Waals surface area (Å²) in [4.78, 5) is 12.0. The van der Waals surface area contributed by atoms with Crippen molar-refractivity contribution in [2.75, 3.05) is 5.32 Å². The maximum atomic E-state index is 12.0. The summed E-state index contributed by atoms with van der Waals surface area (Å²) in [5, 5.41) is 12.1. The molecule has 0 aliphatic heterocycles. The average molecular weight is 263 g/mol. The Labute approximate surface area is 116 Å². The second kappa shape index (κ2) is 6.71. The Bertz CT molecular complexity index is 421. The normalized spacial score (nSPS) is 13.1. The topological polar surface area (TPSA) is 49.3 Å². The number of hydrogen-bond donors (Lipinski definition) is 2. The minimum Gasteiger partial charge on any atom is -0.392 e. The number of carbonyl (C=O) groups excluding carboxylic acids is 1. The number of para-hydroxylation sites is 1. The van der Waals surface area contributed by atoms with Crippen LogP contribution >= 0.6 is 0 Å². The predicted molar refractivity (Wildman–Crippen MR) is 78.8 cm³/mol. The van der Waals surface area contributed by atoms with Gasteiger partial charge in [0, 0.05) is 17.7 Å². The van der Waals surface area contributed by atoms with Crippen LogP contribution in [-0.2, 0) is 11.4 Å². The summed E-state index contributed by atoms with van der Waals surface area (Å²) in [5.41, 5.74) is 1.69. The predicted octanol–water partition coefficient (Wildman–Crippen LogP) is 3.58. The SMILES string of the molecule is CC(CC(=O)Nc1ccccc1CO)CC(C)(C)C. The molecule has 0 radical (unpaired) electrons. The van der Waals surface area contributed by atoms with E-state index in [1.807, 2.05) is 24.3 Å². The highest BCUT2D eigenvalue weighted by Gasteiger charge is 2.18. The molecular formula is C16H25NO2. The van der Waals surface area contributed by atoms with E-state index in [1.165, 1.54) is 0 Å². The van der Waals surface area contributed by atoms with Gasteiger partial charge in [0.2, 0.25) is 5.91 Å². The van der Waals surface area contributed by atoms with E-state index in [-0.39, 0.29) is 17.9 Å². The van der Waals surface area contributed by atoms with Crippen LogP contribution in [-0.4, -0.2) is 11.0 Å². The van der Waals surface area contributed by atoms with E-state index in [2.05, 4.69) is 33.0 Å². The van der Waals surface area contributed by atoms with Crippen LogP contribution < -0.4 is 5.32 Å². The number of hydrogen-bond acceptors (Lipinski definition) is 2. The van der Waals surface area contributed by atoms with Gasteiger partial charge in [0.15, 0.2) is 0 Å². The third-order valence-electron chi connectivity index (χ3n) is 2.96. The van der Waals surface area contributed by atoms with Crippen molar-refractivity contribution >= 4 is 11.6 Å². The lowest BCUT2D eigenvalue weighted by Gasteiger charge is -2.23. The quantitative estimate of drug-likeness (QED) is 0.853. The lowest BCUT2D eigenvalue weighted by Crippen LogP contribution is -2.19. The Morgan fingerprint density at radius 3 is 2.53 bits per heavy atom. The van der Waals surface area contributed by atoms with Crippen molar-refractivity contribution < 1.29 is 9.90 Å². The number of rotatable bonds is 5. The molecule has 1 rings (SSSR count). The molecule has 2 N–H and O–H groups in total. The van der Waals surface area contributed by atoms with E-state index in [1.54, 1.807) is 0 Å². The third-order valence-corrected chi connectivity index (χ3v) is 2.96. The molecule has 3 nitrogen and oxygen atoms in total. The van der Waals surface area contributed by atoms with Gasteiger partial charge in [-0.05, 0) is 23.8 Å². The van der Waals surface area contributed by atoms with Gasteiger partial charge >= 0.3 is 0 Å². The number of anilines is 1. The summed E-state index contributed by atoms with van der Waals surface area (Å²) in [6, 6.07) is 7.34. The van der Waals surface area contributed by atoms with Crippen molar-refractivity contribution in [1.82, 2.24) is 0 Å². The lowest BCUT2D eigenvalue weighted by atomic mass is 9.84. The number of benzene rings is 1. The zero-order valence-corrected chi connectivity index (χ0v) is 12.4. The molecule has 0 spiro atoms. The van der Waals surface area contributed by atoms with E-state index in [9.17, 15) is 9.90 Å². The van der Waals surface area contributed by atoms with Crippen LogP contribution in [0.15, 0.2) is 24.3 Å². The number of aliphatic hydroxyl groups is 1. The Kier molecular flexibility index (Phi) is 5.55. The molecule has 0 aromatic heterocycles. The molecule has 0 saturated carbocycles. The monoisotopic (exact) mass is 263 g/mol. The Hall–Kier alpha value is -1.35. The Morgan fingerprint density at radius 2 is 1.95 bits per heavy atom. The fourth-order valence-corrected chi connectivity index (χ4v) is 2.42. The highest BCUT2D eigenvalue weighted by molar-refractivity contribution is 5.91. The molecular weight excluding hydrogens is 238 g/mol. The molecule has 1 unspecified atom stereocenters. The largest absolute Gasteiger partial charge is 0.392 e. The van der Waals surface area contributed by atoms with Crippen LogP contribution in [0.1, 0.15) is 46.1 Å². The van der Waals surface area contributed by atoms with Gasteiger partial charge in [-0.1, -0.05) is 45.9 Å². The van der Waals surface area contributed by atoms with E-state index in [0.717, 1.165) is 12.0 Å². The van der Waals surface area contributed by atoms with Gasteiger partial charge < -0.3 is 10.4 Å². The summed E-state index contributed by atoms with van der Waals surface area (Å²) in [6.45, 7) is 8.59. The van der Waals surface area contributed by atoms with Gasteiger partial charge in [-0.2, -0.15) is 0 Å². The molecule has 1 aromatic carbocycles. The highest BCUT2D eigenvalue weighted by atomic mass is 16.3. The minimum absolute atomic E-state index is 0.0117. The molecule has 0 fully saturated rings. The van der Waals surface area contributed by atoms with Crippen LogP contribution in [0.4, 0.5) is 5.69 Å². The van der Waals surface area contributed by atoms with Crippen LogP contribution in [0, 0.1) is 11.3 Å².